The zero-order valence-electron chi connectivity index (χ0n) is 9.14. The van der Waals surface area contributed by atoms with Gasteiger partial charge < -0.3 is 10.5 Å². The Morgan fingerprint density at radius 1 is 1.47 bits per heavy atom. The number of hydrogen-bond acceptors (Lipinski definition) is 2. The summed E-state index contributed by atoms with van der Waals surface area (Å²) in [5, 5.41) is 0.809. The van der Waals surface area contributed by atoms with Crippen molar-refractivity contribution in [3.63, 3.8) is 0 Å². The van der Waals surface area contributed by atoms with Gasteiger partial charge >= 0.3 is 0 Å². The van der Waals surface area contributed by atoms with Gasteiger partial charge in [-0.3, -0.25) is 0 Å². The Labute approximate surface area is 95.4 Å². The first kappa shape index (κ1) is 10.9. The highest BCUT2D eigenvalue weighted by Crippen LogP contribution is 2.31. The van der Waals surface area contributed by atoms with E-state index in [1.165, 1.54) is 16.7 Å². The average Bonchev–Trinajstić information content (AvgIpc) is 2.37. The normalized spacial score (nSPS) is 20.9. The topological polar surface area (TPSA) is 35.2 Å². The van der Waals surface area contributed by atoms with Crippen LogP contribution in [0.4, 0.5) is 0 Å². The number of hydrogen-bond donors (Lipinski definition) is 1. The molecule has 1 aromatic rings. The molecule has 0 amide bonds. The molecule has 1 atom stereocenters. The summed E-state index contributed by atoms with van der Waals surface area (Å²) < 4.78 is 5.47. The zero-order chi connectivity index (χ0) is 11.0. The van der Waals surface area contributed by atoms with Crippen LogP contribution in [0.2, 0.25) is 5.02 Å². The molecule has 3 heteroatoms. The lowest BCUT2D eigenvalue weighted by atomic mass is 9.91. The average molecular weight is 226 g/mol. The monoisotopic (exact) mass is 225 g/mol. The van der Waals surface area contributed by atoms with Crippen molar-refractivity contribution in [1.82, 2.24) is 0 Å². The molecule has 15 heavy (non-hydrogen) atoms. The van der Waals surface area contributed by atoms with Crippen LogP contribution in [0, 0.1) is 13.8 Å². The number of rotatable bonds is 0. The first-order valence-corrected chi connectivity index (χ1v) is 5.61. The Balaban J connectivity index is 2.63. The van der Waals surface area contributed by atoms with Gasteiger partial charge in [-0.15, -0.1) is 0 Å². The fourth-order valence-corrected chi connectivity index (χ4v) is 2.52. The van der Waals surface area contributed by atoms with Crippen molar-refractivity contribution in [2.45, 2.75) is 26.3 Å². The quantitative estimate of drug-likeness (QED) is 0.737. The molecule has 0 spiro atoms. The Bertz CT molecular complexity index is 390. The Morgan fingerprint density at radius 3 is 2.93 bits per heavy atom. The van der Waals surface area contributed by atoms with Crippen molar-refractivity contribution in [3.8, 4) is 0 Å². The van der Waals surface area contributed by atoms with Gasteiger partial charge in [-0.05, 0) is 48.6 Å². The molecular weight excluding hydrogens is 210 g/mol. The third-order valence-corrected chi connectivity index (χ3v) is 3.46. The summed E-state index contributed by atoms with van der Waals surface area (Å²) in [5.74, 6) is 0. The van der Waals surface area contributed by atoms with Crippen LogP contribution in [0.25, 0.3) is 0 Å². The van der Waals surface area contributed by atoms with E-state index >= 15 is 0 Å². The Kier molecular flexibility index (Phi) is 3.01. The van der Waals surface area contributed by atoms with Gasteiger partial charge in [-0.2, -0.15) is 0 Å². The molecular formula is C12H16ClNO. The minimum absolute atomic E-state index is 0.0418. The second kappa shape index (κ2) is 4.12. The Morgan fingerprint density at radius 2 is 2.20 bits per heavy atom. The van der Waals surface area contributed by atoms with E-state index in [4.69, 9.17) is 22.1 Å². The second-order valence-corrected chi connectivity index (χ2v) is 4.53. The molecule has 0 aromatic heterocycles. The molecule has 1 aliphatic rings. The molecule has 1 heterocycles. The van der Waals surface area contributed by atoms with Crippen LogP contribution in [-0.4, -0.2) is 13.2 Å². The van der Waals surface area contributed by atoms with E-state index in [9.17, 15) is 0 Å². The molecule has 0 saturated heterocycles. The molecule has 2 rings (SSSR count). The SMILES string of the molecule is Cc1cc(Cl)c(C)c2c1CCOCC2N. The van der Waals surface area contributed by atoms with Crippen LogP contribution >= 0.6 is 11.6 Å². The molecule has 1 aliphatic heterocycles. The minimum Gasteiger partial charge on any atom is -0.379 e. The van der Waals surface area contributed by atoms with E-state index in [1.54, 1.807) is 0 Å². The lowest BCUT2D eigenvalue weighted by Crippen LogP contribution is -2.17. The number of halogens is 1. The van der Waals surface area contributed by atoms with Gasteiger partial charge in [-0.25, -0.2) is 0 Å². The predicted octanol–water partition coefficient (Wildman–Crippen LogP) is 2.53. The number of benzene rings is 1. The third kappa shape index (κ3) is 1.89. The maximum atomic E-state index is 6.17. The minimum atomic E-state index is -0.0418. The summed E-state index contributed by atoms with van der Waals surface area (Å²) in [5.41, 5.74) is 10.9. The highest BCUT2D eigenvalue weighted by Gasteiger charge is 2.20. The van der Waals surface area contributed by atoms with Crippen LogP contribution < -0.4 is 5.73 Å². The van der Waals surface area contributed by atoms with Gasteiger partial charge in [-0.1, -0.05) is 11.6 Å². The first-order chi connectivity index (χ1) is 7.11. The molecule has 1 unspecified atom stereocenters. The number of aryl methyl sites for hydroxylation is 1. The predicted molar refractivity (Wildman–Crippen MR) is 62.4 cm³/mol. The highest BCUT2D eigenvalue weighted by atomic mass is 35.5. The molecule has 82 valence electrons. The lowest BCUT2D eigenvalue weighted by Gasteiger charge is -2.18. The smallest absolute Gasteiger partial charge is 0.0659 e. The maximum absolute atomic E-state index is 6.17. The van der Waals surface area contributed by atoms with Crippen molar-refractivity contribution in [2.75, 3.05) is 13.2 Å². The molecule has 2 nitrogen and oxygen atoms in total. The number of ether oxygens (including phenoxy) is 1. The van der Waals surface area contributed by atoms with Crippen LogP contribution in [0.1, 0.15) is 28.3 Å². The summed E-state index contributed by atoms with van der Waals surface area (Å²) in [4.78, 5) is 0. The zero-order valence-corrected chi connectivity index (χ0v) is 9.90. The molecule has 0 bridgehead atoms. The van der Waals surface area contributed by atoms with Gasteiger partial charge in [0.2, 0.25) is 0 Å². The largest absolute Gasteiger partial charge is 0.379 e. The van der Waals surface area contributed by atoms with Gasteiger partial charge in [0.15, 0.2) is 0 Å². The van der Waals surface area contributed by atoms with Gasteiger partial charge in [0.25, 0.3) is 0 Å². The lowest BCUT2D eigenvalue weighted by molar-refractivity contribution is 0.131. The van der Waals surface area contributed by atoms with Crippen molar-refractivity contribution < 1.29 is 4.74 Å². The van der Waals surface area contributed by atoms with Crippen molar-refractivity contribution in [3.05, 3.63) is 33.3 Å². The summed E-state index contributed by atoms with van der Waals surface area (Å²) in [7, 11) is 0. The van der Waals surface area contributed by atoms with E-state index in [0.717, 1.165) is 23.6 Å². The second-order valence-electron chi connectivity index (χ2n) is 4.12. The fourth-order valence-electron chi connectivity index (χ4n) is 2.25. The van der Waals surface area contributed by atoms with Crippen molar-refractivity contribution >= 4 is 11.6 Å². The standard InChI is InChI=1S/C12H16ClNO/c1-7-5-10(13)8(2)12-9(7)3-4-15-6-11(12)14/h5,11H,3-4,6,14H2,1-2H3. The highest BCUT2D eigenvalue weighted by molar-refractivity contribution is 6.31. The molecule has 0 aliphatic carbocycles. The molecule has 0 saturated carbocycles. The molecule has 2 N–H and O–H groups in total. The maximum Gasteiger partial charge on any atom is 0.0659 e. The van der Waals surface area contributed by atoms with Gasteiger partial charge in [0, 0.05) is 5.02 Å². The number of fused-ring (bicyclic) bond motifs is 1. The molecule has 1 aromatic carbocycles. The molecule has 0 radical (unpaired) electrons. The van der Waals surface area contributed by atoms with Crippen LogP contribution in [0.15, 0.2) is 6.07 Å². The number of nitrogens with two attached hydrogens (primary N) is 1. The van der Waals surface area contributed by atoms with Crippen molar-refractivity contribution in [1.29, 1.82) is 0 Å². The Hall–Kier alpha value is -0.570. The van der Waals surface area contributed by atoms with Crippen LogP contribution in [0.3, 0.4) is 0 Å². The van der Waals surface area contributed by atoms with E-state index in [1.807, 2.05) is 13.0 Å². The van der Waals surface area contributed by atoms with E-state index < -0.39 is 0 Å². The third-order valence-electron chi connectivity index (χ3n) is 3.07. The fraction of sp³-hybridized carbons (Fsp3) is 0.500. The van der Waals surface area contributed by atoms with Gasteiger partial charge in [0.05, 0.1) is 19.3 Å². The van der Waals surface area contributed by atoms with Gasteiger partial charge in [0.1, 0.15) is 0 Å². The summed E-state index contributed by atoms with van der Waals surface area (Å²) in [6.07, 6.45) is 0.937. The van der Waals surface area contributed by atoms with E-state index in [-0.39, 0.29) is 6.04 Å². The summed E-state index contributed by atoms with van der Waals surface area (Å²) in [6.45, 7) is 5.46. The van der Waals surface area contributed by atoms with E-state index in [2.05, 4.69) is 6.92 Å². The summed E-state index contributed by atoms with van der Waals surface area (Å²) in [6, 6.07) is 1.98. The summed E-state index contributed by atoms with van der Waals surface area (Å²) >= 11 is 6.17. The first-order valence-electron chi connectivity index (χ1n) is 5.23. The van der Waals surface area contributed by atoms with E-state index in [0.29, 0.717) is 6.61 Å². The van der Waals surface area contributed by atoms with Crippen molar-refractivity contribution in [2.24, 2.45) is 5.73 Å². The molecule has 0 fully saturated rings. The van der Waals surface area contributed by atoms with Crippen LogP contribution in [0.5, 0.6) is 0 Å². The van der Waals surface area contributed by atoms with Crippen LogP contribution in [-0.2, 0) is 11.2 Å².